The lowest BCUT2D eigenvalue weighted by molar-refractivity contribution is 0.0992. The summed E-state index contributed by atoms with van der Waals surface area (Å²) in [6.07, 6.45) is 0.341. The molecule has 2 aromatic carbocycles. The van der Waals surface area contributed by atoms with Gasteiger partial charge in [-0.3, -0.25) is 9.78 Å². The van der Waals surface area contributed by atoms with Gasteiger partial charge in [-0.05, 0) is 25.1 Å². The van der Waals surface area contributed by atoms with E-state index in [4.69, 9.17) is 0 Å². The summed E-state index contributed by atoms with van der Waals surface area (Å²) in [7, 11) is 0. The summed E-state index contributed by atoms with van der Waals surface area (Å²) >= 11 is 0. The molecule has 20 heavy (non-hydrogen) atoms. The number of benzene rings is 2. The number of Topliss-reactive ketones (excluding diaryl/α,β-unsaturated/α-hetero) is 1. The number of nitrogens with zero attached hydrogens (tertiary/aromatic N) is 1. The number of ketones is 1. The number of carbonyl (C=O) groups excluding carboxylic acids is 1. The molecule has 0 unspecified atom stereocenters. The van der Waals surface area contributed by atoms with Crippen LogP contribution in [0.1, 0.15) is 21.6 Å². The molecular formula is C18H15NO. The van der Waals surface area contributed by atoms with Gasteiger partial charge < -0.3 is 0 Å². The number of carbonyl (C=O) groups is 1. The number of aryl methyl sites for hydroxylation is 1. The molecule has 1 heterocycles. The van der Waals surface area contributed by atoms with Crippen molar-refractivity contribution in [3.8, 4) is 0 Å². The van der Waals surface area contributed by atoms with Crippen LogP contribution >= 0.6 is 0 Å². The smallest absolute Gasteiger partial charge is 0.168 e. The van der Waals surface area contributed by atoms with E-state index in [1.54, 1.807) is 0 Å². The highest BCUT2D eigenvalue weighted by atomic mass is 16.1. The molecule has 3 aromatic rings. The highest BCUT2D eigenvalue weighted by molar-refractivity contribution is 5.97. The van der Waals surface area contributed by atoms with E-state index < -0.39 is 0 Å². The molecule has 98 valence electrons. The molecule has 0 amide bonds. The maximum absolute atomic E-state index is 12.2. The molecule has 0 aliphatic rings. The van der Waals surface area contributed by atoms with Crippen molar-refractivity contribution < 1.29 is 4.79 Å². The molecular weight excluding hydrogens is 246 g/mol. The van der Waals surface area contributed by atoms with E-state index in [1.807, 2.05) is 54.6 Å². The Kier molecular flexibility index (Phi) is 3.30. The fourth-order valence-corrected chi connectivity index (χ4v) is 2.28. The highest BCUT2D eigenvalue weighted by Gasteiger charge is 2.08. The van der Waals surface area contributed by atoms with Crippen LogP contribution in [-0.2, 0) is 6.42 Å². The van der Waals surface area contributed by atoms with Crippen LogP contribution in [0.3, 0.4) is 0 Å². The van der Waals surface area contributed by atoms with Crippen LogP contribution in [0.25, 0.3) is 10.9 Å². The monoisotopic (exact) mass is 261 g/mol. The number of pyridine rings is 1. The van der Waals surface area contributed by atoms with Crippen LogP contribution in [0.5, 0.6) is 0 Å². The highest BCUT2D eigenvalue weighted by Crippen LogP contribution is 2.15. The summed E-state index contributed by atoms with van der Waals surface area (Å²) in [5.41, 5.74) is 3.70. The molecule has 0 aliphatic carbocycles. The number of rotatable bonds is 3. The van der Waals surface area contributed by atoms with Crippen LogP contribution in [0.2, 0.25) is 0 Å². The third-order valence-corrected chi connectivity index (χ3v) is 3.34. The first kappa shape index (κ1) is 12.5. The van der Waals surface area contributed by atoms with Gasteiger partial charge in [0.25, 0.3) is 0 Å². The van der Waals surface area contributed by atoms with E-state index in [0.717, 1.165) is 22.2 Å². The van der Waals surface area contributed by atoms with Gasteiger partial charge in [-0.15, -0.1) is 0 Å². The lowest BCUT2D eigenvalue weighted by Crippen LogP contribution is -2.04. The van der Waals surface area contributed by atoms with Gasteiger partial charge in [0.05, 0.1) is 11.9 Å². The minimum absolute atomic E-state index is 0.101. The van der Waals surface area contributed by atoms with Crippen LogP contribution in [0.15, 0.2) is 60.7 Å². The first-order valence-corrected chi connectivity index (χ1v) is 6.67. The zero-order valence-electron chi connectivity index (χ0n) is 11.3. The maximum atomic E-state index is 12.2. The number of hydrogen-bond acceptors (Lipinski definition) is 2. The molecule has 0 aliphatic heterocycles. The van der Waals surface area contributed by atoms with Crippen molar-refractivity contribution in [1.82, 2.24) is 4.98 Å². The third-order valence-electron chi connectivity index (χ3n) is 3.34. The standard InChI is InChI=1S/C18H15NO/c1-13-7-10-17-15(11-13)8-9-16(19-17)12-18(20)14-5-3-2-4-6-14/h2-11H,12H2,1H3. The Balaban J connectivity index is 1.88. The lowest BCUT2D eigenvalue weighted by atomic mass is 10.1. The average molecular weight is 261 g/mol. The van der Waals surface area contributed by atoms with E-state index >= 15 is 0 Å². The Morgan fingerprint density at radius 3 is 2.60 bits per heavy atom. The van der Waals surface area contributed by atoms with E-state index in [0.29, 0.717) is 6.42 Å². The summed E-state index contributed by atoms with van der Waals surface area (Å²) in [6, 6.07) is 19.5. The predicted octanol–water partition coefficient (Wildman–Crippen LogP) is 3.97. The fraction of sp³-hybridized carbons (Fsp3) is 0.111. The molecule has 2 nitrogen and oxygen atoms in total. The molecule has 0 radical (unpaired) electrons. The van der Waals surface area contributed by atoms with Gasteiger partial charge >= 0.3 is 0 Å². The molecule has 0 saturated heterocycles. The number of fused-ring (bicyclic) bond motifs is 1. The van der Waals surface area contributed by atoms with Crippen molar-refractivity contribution in [3.05, 3.63) is 77.5 Å². The van der Waals surface area contributed by atoms with Crippen molar-refractivity contribution in [2.24, 2.45) is 0 Å². The predicted molar refractivity (Wildman–Crippen MR) is 81.0 cm³/mol. The topological polar surface area (TPSA) is 30.0 Å². The summed E-state index contributed by atoms with van der Waals surface area (Å²) in [5, 5.41) is 1.11. The average Bonchev–Trinajstić information content (AvgIpc) is 2.48. The lowest BCUT2D eigenvalue weighted by Gasteiger charge is -2.04. The van der Waals surface area contributed by atoms with Gasteiger partial charge in [0.15, 0.2) is 5.78 Å². The number of aromatic nitrogens is 1. The third kappa shape index (κ3) is 2.59. The van der Waals surface area contributed by atoms with Crippen molar-refractivity contribution in [3.63, 3.8) is 0 Å². The van der Waals surface area contributed by atoms with E-state index in [1.165, 1.54) is 5.56 Å². The first-order valence-electron chi connectivity index (χ1n) is 6.67. The van der Waals surface area contributed by atoms with Crippen molar-refractivity contribution in [2.45, 2.75) is 13.3 Å². The van der Waals surface area contributed by atoms with Gasteiger partial charge in [-0.25, -0.2) is 0 Å². The normalized spacial score (nSPS) is 10.7. The van der Waals surface area contributed by atoms with E-state index in [9.17, 15) is 4.79 Å². The SMILES string of the molecule is Cc1ccc2nc(CC(=O)c3ccccc3)ccc2c1. The second-order valence-electron chi connectivity index (χ2n) is 4.96. The molecule has 0 fully saturated rings. The molecule has 0 bridgehead atoms. The molecule has 2 heteroatoms. The summed E-state index contributed by atoms with van der Waals surface area (Å²) in [4.78, 5) is 16.7. The summed E-state index contributed by atoms with van der Waals surface area (Å²) in [5.74, 6) is 0.101. The fourth-order valence-electron chi connectivity index (χ4n) is 2.28. The Morgan fingerprint density at radius 2 is 1.80 bits per heavy atom. The van der Waals surface area contributed by atoms with Crippen molar-refractivity contribution in [2.75, 3.05) is 0 Å². The van der Waals surface area contributed by atoms with E-state index in [2.05, 4.69) is 18.0 Å². The minimum atomic E-state index is 0.101. The molecule has 1 aromatic heterocycles. The summed E-state index contributed by atoms with van der Waals surface area (Å²) in [6.45, 7) is 2.06. The Labute approximate surface area is 118 Å². The number of hydrogen-bond donors (Lipinski definition) is 0. The zero-order chi connectivity index (χ0) is 13.9. The zero-order valence-corrected chi connectivity index (χ0v) is 11.3. The van der Waals surface area contributed by atoms with Gasteiger partial charge in [0, 0.05) is 16.6 Å². The van der Waals surface area contributed by atoms with Crippen LogP contribution in [0.4, 0.5) is 0 Å². The minimum Gasteiger partial charge on any atom is -0.294 e. The quantitative estimate of drug-likeness (QED) is 0.668. The second kappa shape index (κ2) is 5.25. The Hall–Kier alpha value is -2.48. The summed E-state index contributed by atoms with van der Waals surface area (Å²) < 4.78 is 0. The molecule has 3 rings (SSSR count). The van der Waals surface area contributed by atoms with Gasteiger partial charge in [-0.1, -0.05) is 48.0 Å². The Bertz CT molecular complexity index is 763. The molecule has 0 saturated carbocycles. The molecule has 0 atom stereocenters. The first-order chi connectivity index (χ1) is 9.72. The van der Waals surface area contributed by atoms with E-state index in [-0.39, 0.29) is 5.78 Å². The largest absolute Gasteiger partial charge is 0.294 e. The molecule has 0 spiro atoms. The Morgan fingerprint density at radius 1 is 1.00 bits per heavy atom. The van der Waals surface area contributed by atoms with Crippen LogP contribution in [0, 0.1) is 6.92 Å². The van der Waals surface area contributed by atoms with Crippen molar-refractivity contribution >= 4 is 16.7 Å². The van der Waals surface area contributed by atoms with Gasteiger partial charge in [-0.2, -0.15) is 0 Å². The van der Waals surface area contributed by atoms with Gasteiger partial charge in [0.1, 0.15) is 0 Å². The van der Waals surface area contributed by atoms with Crippen LogP contribution < -0.4 is 0 Å². The second-order valence-corrected chi connectivity index (χ2v) is 4.96. The van der Waals surface area contributed by atoms with Crippen LogP contribution in [-0.4, -0.2) is 10.8 Å². The molecule has 0 N–H and O–H groups in total. The maximum Gasteiger partial charge on any atom is 0.168 e. The van der Waals surface area contributed by atoms with Crippen molar-refractivity contribution in [1.29, 1.82) is 0 Å². The van der Waals surface area contributed by atoms with Gasteiger partial charge in [0.2, 0.25) is 0 Å².